The highest BCUT2D eigenvalue weighted by molar-refractivity contribution is 5.01. The van der Waals surface area contributed by atoms with Gasteiger partial charge in [-0.3, -0.25) is 4.90 Å². The molecule has 1 nitrogen and oxygen atoms in total. The normalized spacial score (nSPS) is 27.1. The number of terminal acetylenes is 1. The second-order valence-corrected chi connectivity index (χ2v) is 5.87. The highest BCUT2D eigenvalue weighted by atomic mass is 15.2. The molecule has 1 fully saturated rings. The van der Waals surface area contributed by atoms with Crippen LogP contribution >= 0.6 is 0 Å². The molecule has 1 aliphatic rings. The number of hydrogen-bond acceptors (Lipinski definition) is 1. The summed E-state index contributed by atoms with van der Waals surface area (Å²) in [5.41, 5.74) is 0.562. The van der Waals surface area contributed by atoms with E-state index in [4.69, 9.17) is 6.42 Å². The average Bonchev–Trinajstić information content (AvgIpc) is 1.99. The second-order valence-electron chi connectivity index (χ2n) is 5.87. The van der Waals surface area contributed by atoms with Crippen molar-refractivity contribution in [3.63, 3.8) is 0 Å². The van der Waals surface area contributed by atoms with Gasteiger partial charge in [0.2, 0.25) is 0 Å². The highest BCUT2D eigenvalue weighted by Crippen LogP contribution is 2.40. The van der Waals surface area contributed by atoms with E-state index in [0.29, 0.717) is 5.92 Å². The third-order valence-corrected chi connectivity index (χ3v) is 3.80. The Labute approximate surface area is 88.9 Å². The third kappa shape index (κ3) is 2.12. The Hall–Kier alpha value is -0.480. The molecule has 1 aliphatic heterocycles. The molecule has 14 heavy (non-hydrogen) atoms. The maximum absolute atomic E-state index is 5.41. The van der Waals surface area contributed by atoms with Gasteiger partial charge in [-0.25, -0.2) is 0 Å². The Bertz CT molecular complexity index is 226. The molecule has 0 unspecified atom stereocenters. The molecule has 0 amide bonds. The molecule has 0 bridgehead atoms. The van der Waals surface area contributed by atoms with Crippen molar-refractivity contribution in [2.24, 2.45) is 5.92 Å². The molecule has 80 valence electrons. The number of piperidine rings is 1. The van der Waals surface area contributed by atoms with E-state index in [-0.39, 0.29) is 11.1 Å². The Kier molecular flexibility index (Phi) is 2.97. The lowest BCUT2D eigenvalue weighted by atomic mass is 9.73. The standard InChI is InChI=1S/C13H23N/c1-7-8-11-9-12(2,3)14(6)13(4,5)10-11/h1,11H,8-10H2,2-6H3. The van der Waals surface area contributed by atoms with Crippen LogP contribution in [0.15, 0.2) is 0 Å². The summed E-state index contributed by atoms with van der Waals surface area (Å²) >= 11 is 0. The SMILES string of the molecule is C#CCC1CC(C)(C)N(C)C(C)(C)C1. The molecular weight excluding hydrogens is 170 g/mol. The molecule has 0 spiro atoms. The second kappa shape index (κ2) is 3.59. The van der Waals surface area contributed by atoms with Gasteiger partial charge in [-0.1, -0.05) is 0 Å². The smallest absolute Gasteiger partial charge is 0.0158 e. The van der Waals surface area contributed by atoms with Gasteiger partial charge in [-0.05, 0) is 53.5 Å². The zero-order valence-corrected chi connectivity index (χ0v) is 10.2. The topological polar surface area (TPSA) is 3.24 Å². The van der Waals surface area contributed by atoms with Crippen molar-refractivity contribution in [3.8, 4) is 12.3 Å². The fraction of sp³-hybridized carbons (Fsp3) is 0.846. The van der Waals surface area contributed by atoms with Crippen LogP contribution in [-0.2, 0) is 0 Å². The summed E-state index contributed by atoms with van der Waals surface area (Å²) in [4.78, 5) is 2.49. The largest absolute Gasteiger partial charge is 0.296 e. The molecule has 0 N–H and O–H groups in total. The third-order valence-electron chi connectivity index (χ3n) is 3.80. The van der Waals surface area contributed by atoms with Crippen molar-refractivity contribution in [3.05, 3.63) is 0 Å². The van der Waals surface area contributed by atoms with E-state index in [1.165, 1.54) is 12.8 Å². The summed E-state index contributed by atoms with van der Waals surface area (Å²) in [5, 5.41) is 0. The van der Waals surface area contributed by atoms with E-state index in [1.54, 1.807) is 0 Å². The van der Waals surface area contributed by atoms with Gasteiger partial charge in [0.05, 0.1) is 0 Å². The first-order chi connectivity index (χ1) is 6.29. The van der Waals surface area contributed by atoms with Crippen LogP contribution in [0, 0.1) is 18.3 Å². The van der Waals surface area contributed by atoms with Crippen LogP contribution in [0.4, 0.5) is 0 Å². The van der Waals surface area contributed by atoms with E-state index in [1.807, 2.05) is 0 Å². The Balaban J connectivity index is 2.81. The minimum Gasteiger partial charge on any atom is -0.296 e. The summed E-state index contributed by atoms with van der Waals surface area (Å²) < 4.78 is 0. The van der Waals surface area contributed by atoms with Gasteiger partial charge < -0.3 is 0 Å². The molecule has 1 heterocycles. The maximum atomic E-state index is 5.41. The molecule has 0 saturated carbocycles. The zero-order valence-electron chi connectivity index (χ0n) is 10.2. The first kappa shape index (κ1) is 11.6. The van der Waals surface area contributed by atoms with Gasteiger partial charge in [-0.2, -0.15) is 0 Å². The molecule has 0 aromatic heterocycles. The van der Waals surface area contributed by atoms with Crippen molar-refractivity contribution in [2.45, 2.75) is 58.0 Å². The van der Waals surface area contributed by atoms with Crippen molar-refractivity contribution >= 4 is 0 Å². The molecule has 0 radical (unpaired) electrons. The summed E-state index contributed by atoms with van der Waals surface area (Å²) in [7, 11) is 2.23. The first-order valence-corrected chi connectivity index (χ1v) is 5.47. The van der Waals surface area contributed by atoms with E-state index in [2.05, 4.69) is 45.6 Å². The molecule has 1 saturated heterocycles. The van der Waals surface area contributed by atoms with Crippen molar-refractivity contribution in [2.75, 3.05) is 7.05 Å². The minimum atomic E-state index is 0.281. The predicted octanol–water partition coefficient (Wildman–Crippen LogP) is 2.91. The molecule has 0 aliphatic carbocycles. The summed E-state index contributed by atoms with van der Waals surface area (Å²) in [6.07, 6.45) is 8.78. The molecule has 0 aromatic carbocycles. The Morgan fingerprint density at radius 2 is 1.64 bits per heavy atom. The van der Waals surface area contributed by atoms with Crippen molar-refractivity contribution < 1.29 is 0 Å². The van der Waals surface area contributed by atoms with Crippen LogP contribution < -0.4 is 0 Å². The molecular formula is C13H23N. The molecule has 1 rings (SSSR count). The monoisotopic (exact) mass is 193 g/mol. The fourth-order valence-electron chi connectivity index (χ4n) is 2.89. The maximum Gasteiger partial charge on any atom is 0.0158 e. The van der Waals surface area contributed by atoms with E-state index in [0.717, 1.165) is 6.42 Å². The van der Waals surface area contributed by atoms with E-state index in [9.17, 15) is 0 Å². The fourth-order valence-corrected chi connectivity index (χ4v) is 2.89. The highest BCUT2D eigenvalue weighted by Gasteiger charge is 2.42. The van der Waals surface area contributed by atoms with Crippen molar-refractivity contribution in [1.82, 2.24) is 4.90 Å². The van der Waals surface area contributed by atoms with Gasteiger partial charge in [0.25, 0.3) is 0 Å². The first-order valence-electron chi connectivity index (χ1n) is 5.47. The number of likely N-dealkylation sites (tertiary alicyclic amines) is 1. The summed E-state index contributed by atoms with van der Waals surface area (Å²) in [6.45, 7) is 9.27. The van der Waals surface area contributed by atoms with Crippen LogP contribution in [0.2, 0.25) is 0 Å². The number of nitrogens with zero attached hydrogens (tertiary/aromatic N) is 1. The molecule has 0 atom stereocenters. The van der Waals surface area contributed by atoms with Gasteiger partial charge in [-0.15, -0.1) is 12.3 Å². The molecule has 0 aromatic rings. The summed E-state index contributed by atoms with van der Waals surface area (Å²) in [6, 6.07) is 0. The number of rotatable bonds is 1. The minimum absolute atomic E-state index is 0.281. The quantitative estimate of drug-likeness (QED) is 0.579. The lowest BCUT2D eigenvalue weighted by Gasteiger charge is -2.53. The van der Waals surface area contributed by atoms with Gasteiger partial charge in [0, 0.05) is 17.5 Å². The lowest BCUT2D eigenvalue weighted by Crippen LogP contribution is -2.58. The van der Waals surface area contributed by atoms with Gasteiger partial charge in [0.1, 0.15) is 0 Å². The zero-order chi connectivity index (χ0) is 11.0. The number of hydrogen-bond donors (Lipinski definition) is 0. The van der Waals surface area contributed by atoms with Crippen LogP contribution in [-0.4, -0.2) is 23.0 Å². The lowest BCUT2D eigenvalue weighted by molar-refractivity contribution is -0.0286. The molecule has 1 heteroatoms. The summed E-state index contributed by atoms with van der Waals surface area (Å²) in [5.74, 6) is 3.50. The van der Waals surface area contributed by atoms with Crippen LogP contribution in [0.1, 0.15) is 47.0 Å². The van der Waals surface area contributed by atoms with Crippen LogP contribution in [0.25, 0.3) is 0 Å². The predicted molar refractivity (Wildman–Crippen MR) is 62.1 cm³/mol. The Morgan fingerprint density at radius 1 is 1.21 bits per heavy atom. The van der Waals surface area contributed by atoms with Gasteiger partial charge >= 0.3 is 0 Å². The average molecular weight is 193 g/mol. The van der Waals surface area contributed by atoms with Crippen LogP contribution in [0.3, 0.4) is 0 Å². The van der Waals surface area contributed by atoms with E-state index >= 15 is 0 Å². The van der Waals surface area contributed by atoms with E-state index < -0.39 is 0 Å². The Morgan fingerprint density at radius 3 is 2.00 bits per heavy atom. The van der Waals surface area contributed by atoms with Gasteiger partial charge in [0.15, 0.2) is 0 Å². The van der Waals surface area contributed by atoms with Crippen molar-refractivity contribution in [1.29, 1.82) is 0 Å². The van der Waals surface area contributed by atoms with Crippen LogP contribution in [0.5, 0.6) is 0 Å².